The van der Waals surface area contributed by atoms with Crippen molar-refractivity contribution in [1.29, 1.82) is 0 Å². The van der Waals surface area contributed by atoms with Gasteiger partial charge in [-0.15, -0.1) is 0 Å². The topological polar surface area (TPSA) is 84.3 Å². The van der Waals surface area contributed by atoms with Crippen molar-refractivity contribution in [2.75, 3.05) is 6.54 Å². The molecule has 0 radical (unpaired) electrons. The van der Waals surface area contributed by atoms with Crippen molar-refractivity contribution >= 4 is 50.8 Å². The highest BCUT2D eigenvalue weighted by molar-refractivity contribution is 7.89. The number of halogens is 3. The van der Waals surface area contributed by atoms with Crippen molar-refractivity contribution in [2.24, 2.45) is 0 Å². The first kappa shape index (κ1) is 31.7. The molecule has 1 N–H and O–H groups in total. The fourth-order valence-corrected chi connectivity index (χ4v) is 7.31. The van der Waals surface area contributed by atoms with E-state index in [-0.39, 0.29) is 29.7 Å². The summed E-state index contributed by atoms with van der Waals surface area (Å²) in [4.78, 5) is 14.1. The summed E-state index contributed by atoms with van der Waals surface area (Å²) in [7, 11) is -4.01. The lowest BCUT2D eigenvalue weighted by Crippen LogP contribution is -2.37. The number of aryl methyl sites for hydroxylation is 1. The molecule has 2 heterocycles. The van der Waals surface area contributed by atoms with E-state index in [9.17, 15) is 17.6 Å². The molecular weight excluding hydrogens is 646 g/mol. The molecule has 1 aliphatic rings. The van der Waals surface area contributed by atoms with E-state index in [0.29, 0.717) is 38.1 Å². The largest absolute Gasteiger partial charge is 0.344 e. The Bertz CT molecular complexity index is 2060. The van der Waals surface area contributed by atoms with Gasteiger partial charge in [-0.3, -0.25) is 4.79 Å². The van der Waals surface area contributed by atoms with Gasteiger partial charge in [0.05, 0.1) is 27.3 Å². The number of hydrogen-bond donors (Lipinski definition) is 1. The van der Waals surface area contributed by atoms with E-state index in [0.717, 1.165) is 11.1 Å². The molecule has 11 heteroatoms. The van der Waals surface area contributed by atoms with Crippen molar-refractivity contribution in [3.63, 3.8) is 0 Å². The van der Waals surface area contributed by atoms with Crippen molar-refractivity contribution < 1.29 is 17.6 Å². The number of amides is 1. The van der Waals surface area contributed by atoms with Gasteiger partial charge < -0.3 is 5.32 Å². The minimum atomic E-state index is -4.01. The molecule has 0 spiro atoms. The second kappa shape index (κ2) is 12.8. The molecule has 234 valence electrons. The number of sulfonamides is 1. The van der Waals surface area contributed by atoms with E-state index in [2.05, 4.69) is 5.32 Å². The molecule has 0 saturated carbocycles. The summed E-state index contributed by atoms with van der Waals surface area (Å²) < 4.78 is 44.8. The van der Waals surface area contributed by atoms with Crippen molar-refractivity contribution in [2.45, 2.75) is 31.3 Å². The smallest absolute Gasteiger partial charge is 0.272 e. The highest BCUT2D eigenvalue weighted by Crippen LogP contribution is 2.38. The summed E-state index contributed by atoms with van der Waals surface area (Å²) >= 11 is 12.9. The number of hydrogen-bond acceptors (Lipinski definition) is 4. The van der Waals surface area contributed by atoms with E-state index in [4.69, 9.17) is 28.3 Å². The molecule has 1 aliphatic heterocycles. The van der Waals surface area contributed by atoms with Gasteiger partial charge in [0.15, 0.2) is 5.69 Å². The fourth-order valence-electron chi connectivity index (χ4n) is 5.43. The third kappa shape index (κ3) is 6.37. The molecule has 0 saturated heterocycles. The first-order chi connectivity index (χ1) is 22.0. The van der Waals surface area contributed by atoms with Crippen LogP contribution in [0.3, 0.4) is 0 Å². The summed E-state index contributed by atoms with van der Waals surface area (Å²) in [5, 5.41) is 8.48. The van der Waals surface area contributed by atoms with Gasteiger partial charge in [-0.05, 0) is 79.1 Å². The molecule has 0 aliphatic carbocycles. The average molecular weight is 676 g/mol. The number of nitrogens with one attached hydrogen (secondary N) is 1. The SMILES string of the molecule is Cc1ccc(S(=O)(=O)N2CC(=Cc3ccc(F)cc3)c3c(c(C(=O)N[C@H](C)c4ccccc4)nn3-c3ccc(Cl)cc3Cl)C2)cc1. The molecule has 1 aromatic heterocycles. The summed E-state index contributed by atoms with van der Waals surface area (Å²) in [6, 6.07) is 26.5. The van der Waals surface area contributed by atoms with E-state index in [1.54, 1.807) is 65.4 Å². The maximum absolute atomic E-state index is 14.0. The quantitative estimate of drug-likeness (QED) is 0.190. The Hall–Kier alpha value is -4.28. The number of benzene rings is 4. The molecule has 1 atom stereocenters. The molecule has 0 bridgehead atoms. The minimum absolute atomic E-state index is 0.0427. The van der Waals surface area contributed by atoms with E-state index in [1.165, 1.54) is 16.4 Å². The first-order valence-electron chi connectivity index (χ1n) is 14.5. The zero-order chi connectivity index (χ0) is 32.6. The van der Waals surface area contributed by atoms with Gasteiger partial charge >= 0.3 is 0 Å². The van der Waals surface area contributed by atoms with Gasteiger partial charge in [0.2, 0.25) is 10.0 Å². The number of aromatic nitrogens is 2. The standard InChI is InChI=1S/C35H29Cl2FN4O3S/c1-22-8-15-29(16-9-22)46(44,45)41-20-26(18-24-10-13-28(38)14-11-24)34-30(21-41)33(35(43)39-23(2)25-6-4-3-5-7-25)40-42(34)32-17-12-27(36)19-31(32)37/h3-19,23H,20-21H2,1-2H3,(H,39,43)/t23-/m1/s1. The molecule has 0 unspecified atom stereocenters. The average Bonchev–Trinajstić information content (AvgIpc) is 3.42. The van der Waals surface area contributed by atoms with Crippen LogP contribution in [-0.4, -0.2) is 35.0 Å². The number of nitrogens with zero attached hydrogens (tertiary/aromatic N) is 3. The van der Waals surface area contributed by atoms with Crippen LogP contribution in [0.1, 0.15) is 51.4 Å². The van der Waals surface area contributed by atoms with Crippen LogP contribution in [0.2, 0.25) is 10.0 Å². The van der Waals surface area contributed by atoms with Crippen LogP contribution in [0.25, 0.3) is 17.3 Å². The van der Waals surface area contributed by atoms with E-state index in [1.807, 2.05) is 44.2 Å². The lowest BCUT2D eigenvalue weighted by atomic mass is 9.98. The van der Waals surface area contributed by atoms with Gasteiger partial charge in [0, 0.05) is 23.7 Å². The Morgan fingerprint density at radius 2 is 1.65 bits per heavy atom. The van der Waals surface area contributed by atoms with Gasteiger partial charge in [-0.25, -0.2) is 17.5 Å². The van der Waals surface area contributed by atoms with Crippen LogP contribution in [0.4, 0.5) is 4.39 Å². The third-order valence-electron chi connectivity index (χ3n) is 7.84. The number of carbonyl (C=O) groups is 1. The molecule has 1 amide bonds. The van der Waals surface area contributed by atoms with Gasteiger partial charge in [-0.1, -0.05) is 83.4 Å². The molecule has 4 aromatic carbocycles. The molecule has 6 rings (SSSR count). The summed E-state index contributed by atoms with van der Waals surface area (Å²) in [5.74, 6) is -0.883. The fraction of sp³-hybridized carbons (Fsp3) is 0.143. The maximum atomic E-state index is 14.0. The lowest BCUT2D eigenvalue weighted by Gasteiger charge is -2.29. The minimum Gasteiger partial charge on any atom is -0.344 e. The Balaban J connectivity index is 1.54. The third-order valence-corrected chi connectivity index (χ3v) is 10.2. The Kier molecular flexibility index (Phi) is 8.85. The van der Waals surface area contributed by atoms with Crippen LogP contribution in [-0.2, 0) is 16.6 Å². The zero-order valence-corrected chi connectivity index (χ0v) is 27.2. The number of carbonyl (C=O) groups excluding carboxylic acids is 1. The van der Waals surface area contributed by atoms with Crippen molar-refractivity contribution in [1.82, 2.24) is 19.4 Å². The molecule has 7 nitrogen and oxygen atoms in total. The monoisotopic (exact) mass is 674 g/mol. The van der Waals surface area contributed by atoms with Crippen LogP contribution < -0.4 is 5.32 Å². The second-order valence-corrected chi connectivity index (χ2v) is 13.9. The summed E-state index contributed by atoms with van der Waals surface area (Å²) in [5.41, 5.74) is 4.41. The maximum Gasteiger partial charge on any atom is 0.272 e. The molecule has 46 heavy (non-hydrogen) atoms. The second-order valence-electron chi connectivity index (χ2n) is 11.1. The van der Waals surface area contributed by atoms with Crippen LogP contribution >= 0.6 is 23.2 Å². The highest BCUT2D eigenvalue weighted by Gasteiger charge is 2.37. The van der Waals surface area contributed by atoms with E-state index >= 15 is 0 Å². The predicted molar refractivity (Wildman–Crippen MR) is 179 cm³/mol. The van der Waals surface area contributed by atoms with Crippen molar-refractivity contribution in [3.8, 4) is 5.69 Å². The van der Waals surface area contributed by atoms with Crippen LogP contribution in [0.5, 0.6) is 0 Å². The number of rotatable bonds is 7. The molecule has 0 fully saturated rings. The van der Waals surface area contributed by atoms with Gasteiger partial charge in [0.25, 0.3) is 5.91 Å². The predicted octanol–water partition coefficient (Wildman–Crippen LogP) is 7.86. The zero-order valence-electron chi connectivity index (χ0n) is 24.9. The van der Waals surface area contributed by atoms with Crippen LogP contribution in [0.15, 0.2) is 102 Å². The Labute approximate surface area is 276 Å². The summed E-state index contributed by atoms with van der Waals surface area (Å²) in [6.45, 7) is 3.57. The Morgan fingerprint density at radius 1 is 0.957 bits per heavy atom. The van der Waals surface area contributed by atoms with Crippen molar-refractivity contribution in [3.05, 3.63) is 147 Å². The molecular formula is C35H29Cl2FN4O3S. The highest BCUT2D eigenvalue weighted by atomic mass is 35.5. The summed E-state index contributed by atoms with van der Waals surface area (Å²) in [6.07, 6.45) is 1.77. The van der Waals surface area contributed by atoms with Gasteiger partial charge in [-0.2, -0.15) is 9.40 Å². The molecule has 5 aromatic rings. The lowest BCUT2D eigenvalue weighted by molar-refractivity contribution is 0.0933. The number of fused-ring (bicyclic) bond motifs is 1. The first-order valence-corrected chi connectivity index (χ1v) is 16.7. The Morgan fingerprint density at radius 3 is 2.33 bits per heavy atom. The normalized spacial score (nSPS) is 15.0. The van der Waals surface area contributed by atoms with E-state index < -0.39 is 21.7 Å². The van der Waals surface area contributed by atoms with Crippen LogP contribution in [0, 0.1) is 12.7 Å². The van der Waals surface area contributed by atoms with Gasteiger partial charge in [0.1, 0.15) is 5.82 Å².